The van der Waals surface area contributed by atoms with Crippen LogP contribution < -0.4 is 10.9 Å². The van der Waals surface area contributed by atoms with E-state index in [0.717, 1.165) is 10.6 Å². The second-order valence-electron chi connectivity index (χ2n) is 5.36. The van der Waals surface area contributed by atoms with Crippen molar-refractivity contribution in [2.24, 2.45) is 7.05 Å². The van der Waals surface area contributed by atoms with Crippen LogP contribution in [0.5, 0.6) is 0 Å². The molecule has 0 radical (unpaired) electrons. The summed E-state index contributed by atoms with van der Waals surface area (Å²) in [4.78, 5) is 29.1. The third kappa shape index (κ3) is 2.98. The normalized spacial score (nSPS) is 10.6. The molecular formula is C17H16N4O2S. The number of aryl methyl sites for hydroxylation is 2. The fourth-order valence-electron chi connectivity index (χ4n) is 2.34. The quantitative estimate of drug-likeness (QED) is 0.795. The fourth-order valence-corrected chi connectivity index (χ4v) is 3.15. The summed E-state index contributed by atoms with van der Waals surface area (Å²) < 4.78 is 1.18. The van der Waals surface area contributed by atoms with Crippen molar-refractivity contribution in [2.45, 2.75) is 13.8 Å². The van der Waals surface area contributed by atoms with Crippen molar-refractivity contribution in [1.82, 2.24) is 14.8 Å². The van der Waals surface area contributed by atoms with Gasteiger partial charge in [0.15, 0.2) is 0 Å². The van der Waals surface area contributed by atoms with Gasteiger partial charge >= 0.3 is 0 Å². The Labute approximate surface area is 142 Å². The predicted octanol–water partition coefficient (Wildman–Crippen LogP) is 2.77. The summed E-state index contributed by atoms with van der Waals surface area (Å²) in [6.07, 6.45) is 1.60. The van der Waals surface area contributed by atoms with Gasteiger partial charge in [-0.25, -0.2) is 9.67 Å². The van der Waals surface area contributed by atoms with Crippen LogP contribution in [0.1, 0.15) is 21.6 Å². The first-order valence-electron chi connectivity index (χ1n) is 7.34. The summed E-state index contributed by atoms with van der Waals surface area (Å²) in [6.45, 7) is 3.49. The Morgan fingerprint density at radius 2 is 1.92 bits per heavy atom. The average Bonchev–Trinajstić information content (AvgIpc) is 3.02. The number of anilines is 1. The van der Waals surface area contributed by atoms with Crippen LogP contribution in [0.2, 0.25) is 0 Å². The summed E-state index contributed by atoms with van der Waals surface area (Å²) in [6, 6.07) is 9.71. The molecule has 7 heteroatoms. The number of nitrogens with zero attached hydrogens (tertiary/aromatic N) is 3. The van der Waals surface area contributed by atoms with Gasteiger partial charge in [-0.05, 0) is 19.4 Å². The lowest BCUT2D eigenvalue weighted by Gasteiger charge is -2.09. The zero-order valence-electron chi connectivity index (χ0n) is 13.5. The molecule has 0 fully saturated rings. The number of amides is 1. The van der Waals surface area contributed by atoms with E-state index in [0.29, 0.717) is 16.3 Å². The minimum Gasteiger partial charge on any atom is -0.312 e. The number of carbonyl (C=O) groups is 1. The largest absolute Gasteiger partial charge is 0.312 e. The monoisotopic (exact) mass is 340 g/mol. The van der Waals surface area contributed by atoms with Gasteiger partial charge in [-0.1, -0.05) is 41.7 Å². The Kier molecular flexibility index (Phi) is 4.26. The summed E-state index contributed by atoms with van der Waals surface area (Å²) in [7, 11) is 1.53. The molecule has 24 heavy (non-hydrogen) atoms. The molecule has 0 spiro atoms. The number of hydrogen-bond acceptors (Lipinski definition) is 5. The first-order valence-corrected chi connectivity index (χ1v) is 8.16. The highest BCUT2D eigenvalue weighted by molar-refractivity contribution is 7.19. The number of hydrogen-bond donors (Lipinski definition) is 1. The van der Waals surface area contributed by atoms with Crippen LogP contribution in [0, 0.1) is 13.8 Å². The van der Waals surface area contributed by atoms with E-state index in [-0.39, 0.29) is 5.56 Å². The van der Waals surface area contributed by atoms with Gasteiger partial charge in [-0.15, -0.1) is 0 Å². The Bertz CT molecular complexity index is 960. The third-order valence-corrected chi connectivity index (χ3v) is 4.68. The number of aromatic nitrogens is 3. The molecule has 0 saturated carbocycles. The SMILES string of the molecule is Cc1nn(C)c(=O)c(C(=O)Nc2cnc(-c3ccccc3)s2)c1C. The van der Waals surface area contributed by atoms with Gasteiger partial charge < -0.3 is 5.32 Å². The maximum Gasteiger partial charge on any atom is 0.279 e. The topological polar surface area (TPSA) is 76.9 Å². The molecule has 0 aliphatic heterocycles. The maximum atomic E-state index is 12.5. The molecule has 1 aromatic carbocycles. The molecule has 0 atom stereocenters. The number of thiazole rings is 1. The Morgan fingerprint density at radius 1 is 1.21 bits per heavy atom. The standard InChI is InChI=1S/C17H16N4O2S/c1-10-11(2)20-21(3)17(23)14(10)15(22)19-13-9-18-16(24-13)12-7-5-4-6-8-12/h4-9H,1-3H3,(H,19,22). The summed E-state index contributed by atoms with van der Waals surface area (Å²) in [5.41, 5.74) is 1.91. The van der Waals surface area contributed by atoms with Crippen molar-refractivity contribution in [3.63, 3.8) is 0 Å². The maximum absolute atomic E-state index is 12.5. The summed E-state index contributed by atoms with van der Waals surface area (Å²) in [5.74, 6) is -0.443. The predicted molar refractivity (Wildman–Crippen MR) is 94.5 cm³/mol. The molecule has 1 amide bonds. The third-order valence-electron chi connectivity index (χ3n) is 3.72. The van der Waals surface area contributed by atoms with Crippen molar-refractivity contribution < 1.29 is 4.79 Å². The van der Waals surface area contributed by atoms with Crippen molar-refractivity contribution in [3.05, 3.63) is 63.7 Å². The van der Waals surface area contributed by atoms with Gasteiger partial charge in [0.2, 0.25) is 0 Å². The van der Waals surface area contributed by atoms with Gasteiger partial charge in [-0.3, -0.25) is 9.59 Å². The second-order valence-corrected chi connectivity index (χ2v) is 6.39. The number of nitrogens with one attached hydrogen (secondary N) is 1. The molecule has 3 aromatic rings. The molecule has 1 N–H and O–H groups in total. The molecule has 2 heterocycles. The zero-order chi connectivity index (χ0) is 17.3. The number of carbonyl (C=O) groups excluding carboxylic acids is 1. The van der Waals surface area contributed by atoms with Crippen molar-refractivity contribution >= 4 is 22.2 Å². The van der Waals surface area contributed by atoms with Crippen LogP contribution in [-0.2, 0) is 7.05 Å². The van der Waals surface area contributed by atoms with Crippen LogP contribution in [0.3, 0.4) is 0 Å². The Morgan fingerprint density at radius 3 is 2.62 bits per heavy atom. The van der Waals surface area contributed by atoms with E-state index in [1.54, 1.807) is 20.0 Å². The van der Waals surface area contributed by atoms with Crippen LogP contribution >= 0.6 is 11.3 Å². The lowest BCUT2D eigenvalue weighted by molar-refractivity contribution is 0.102. The molecule has 0 aliphatic rings. The van der Waals surface area contributed by atoms with Gasteiger partial charge in [0.05, 0.1) is 11.9 Å². The average molecular weight is 340 g/mol. The van der Waals surface area contributed by atoms with Crippen LogP contribution in [0.25, 0.3) is 10.6 Å². The lowest BCUT2D eigenvalue weighted by atomic mass is 10.1. The first kappa shape index (κ1) is 16.1. The molecule has 0 bridgehead atoms. The molecule has 0 unspecified atom stereocenters. The lowest BCUT2D eigenvalue weighted by Crippen LogP contribution is -2.31. The van der Waals surface area contributed by atoms with Gasteiger partial charge in [0, 0.05) is 12.6 Å². The number of rotatable bonds is 3. The van der Waals surface area contributed by atoms with E-state index in [9.17, 15) is 9.59 Å². The molecule has 6 nitrogen and oxygen atoms in total. The highest BCUT2D eigenvalue weighted by Crippen LogP contribution is 2.28. The molecular weight excluding hydrogens is 324 g/mol. The molecule has 3 rings (SSSR count). The smallest absolute Gasteiger partial charge is 0.279 e. The van der Waals surface area contributed by atoms with Gasteiger partial charge in [-0.2, -0.15) is 5.10 Å². The van der Waals surface area contributed by atoms with E-state index in [1.165, 1.54) is 23.1 Å². The van der Waals surface area contributed by atoms with Gasteiger partial charge in [0.25, 0.3) is 11.5 Å². The fraction of sp³-hybridized carbons (Fsp3) is 0.176. The summed E-state index contributed by atoms with van der Waals surface area (Å²) in [5, 5.41) is 8.24. The van der Waals surface area contributed by atoms with Crippen molar-refractivity contribution in [1.29, 1.82) is 0 Å². The summed E-state index contributed by atoms with van der Waals surface area (Å²) >= 11 is 1.36. The van der Waals surface area contributed by atoms with E-state index < -0.39 is 11.5 Å². The highest BCUT2D eigenvalue weighted by atomic mass is 32.1. The van der Waals surface area contributed by atoms with E-state index in [2.05, 4.69) is 15.4 Å². The first-order chi connectivity index (χ1) is 11.5. The Balaban J connectivity index is 1.89. The Hall–Kier alpha value is -2.80. The van der Waals surface area contributed by atoms with Crippen LogP contribution in [-0.4, -0.2) is 20.7 Å². The minimum atomic E-state index is -0.443. The molecule has 0 saturated heterocycles. The molecule has 2 aromatic heterocycles. The van der Waals surface area contributed by atoms with Crippen molar-refractivity contribution in [2.75, 3.05) is 5.32 Å². The molecule has 0 aliphatic carbocycles. The van der Waals surface area contributed by atoms with E-state index in [4.69, 9.17) is 0 Å². The van der Waals surface area contributed by atoms with Gasteiger partial charge in [0.1, 0.15) is 15.6 Å². The van der Waals surface area contributed by atoms with Crippen molar-refractivity contribution in [3.8, 4) is 10.6 Å². The van der Waals surface area contributed by atoms with Crippen LogP contribution in [0.4, 0.5) is 5.00 Å². The molecule has 122 valence electrons. The highest BCUT2D eigenvalue weighted by Gasteiger charge is 2.19. The van der Waals surface area contributed by atoms with E-state index >= 15 is 0 Å². The van der Waals surface area contributed by atoms with Crippen LogP contribution in [0.15, 0.2) is 41.3 Å². The zero-order valence-corrected chi connectivity index (χ0v) is 14.3. The number of benzene rings is 1. The minimum absolute atomic E-state index is 0.111. The van der Waals surface area contributed by atoms with E-state index in [1.807, 2.05) is 30.3 Å². The second kappa shape index (κ2) is 6.37.